The summed E-state index contributed by atoms with van der Waals surface area (Å²) in [5.41, 5.74) is 9.52. The van der Waals surface area contributed by atoms with E-state index in [0.29, 0.717) is 0 Å². The molecule has 128 valence electrons. The SMILES string of the molecule is CSc1ccc2c(c1)c(CC[NH3+])c(C)n2Cc1ccc(Br)cc1.[Cl-]. The number of hydrogen-bond acceptors (Lipinski definition) is 1. The lowest BCUT2D eigenvalue weighted by Crippen LogP contribution is -3.00. The highest BCUT2D eigenvalue weighted by Crippen LogP contribution is 2.30. The molecule has 0 aliphatic rings. The number of halogens is 2. The smallest absolute Gasteiger partial charge is 0.0781 e. The van der Waals surface area contributed by atoms with E-state index in [1.54, 1.807) is 11.8 Å². The van der Waals surface area contributed by atoms with Gasteiger partial charge >= 0.3 is 0 Å². The molecule has 3 aromatic rings. The zero-order valence-corrected chi connectivity index (χ0v) is 17.1. The van der Waals surface area contributed by atoms with Crippen molar-refractivity contribution in [2.45, 2.75) is 24.8 Å². The molecule has 1 aromatic heterocycles. The fourth-order valence-electron chi connectivity index (χ4n) is 3.13. The van der Waals surface area contributed by atoms with Crippen molar-refractivity contribution in [3.05, 3.63) is 63.8 Å². The first-order valence-corrected chi connectivity index (χ1v) is 9.85. The minimum Gasteiger partial charge on any atom is -1.00 e. The van der Waals surface area contributed by atoms with E-state index >= 15 is 0 Å². The third-order valence-corrected chi connectivity index (χ3v) is 5.60. The standard InChI is InChI=1S/C19H21BrN2S.ClH/c1-13-17(9-10-21)18-11-16(23-2)7-8-19(18)22(13)12-14-3-5-15(20)6-4-14;/h3-8,11H,9-10,12,21H2,1-2H3;1H. The normalized spacial score (nSPS) is 10.8. The lowest BCUT2D eigenvalue weighted by atomic mass is 10.1. The van der Waals surface area contributed by atoms with Crippen molar-refractivity contribution in [1.29, 1.82) is 0 Å². The Bertz CT molecular complexity index is 827. The van der Waals surface area contributed by atoms with E-state index in [1.165, 1.54) is 32.6 Å². The van der Waals surface area contributed by atoms with Gasteiger partial charge in [0.15, 0.2) is 0 Å². The summed E-state index contributed by atoms with van der Waals surface area (Å²) >= 11 is 5.31. The minimum atomic E-state index is 0. The Morgan fingerprint density at radius 1 is 1.12 bits per heavy atom. The van der Waals surface area contributed by atoms with Crippen LogP contribution >= 0.6 is 27.7 Å². The summed E-state index contributed by atoms with van der Waals surface area (Å²) in [6, 6.07) is 15.4. The van der Waals surface area contributed by atoms with Gasteiger partial charge in [-0.05, 0) is 54.6 Å². The van der Waals surface area contributed by atoms with E-state index in [2.05, 4.69) is 81.9 Å². The summed E-state index contributed by atoms with van der Waals surface area (Å²) in [7, 11) is 0. The van der Waals surface area contributed by atoms with Crippen molar-refractivity contribution in [3.63, 3.8) is 0 Å². The molecule has 3 rings (SSSR count). The molecule has 0 fully saturated rings. The van der Waals surface area contributed by atoms with Crippen LogP contribution in [0.25, 0.3) is 10.9 Å². The molecule has 0 radical (unpaired) electrons. The highest BCUT2D eigenvalue weighted by Gasteiger charge is 2.14. The molecule has 0 saturated carbocycles. The van der Waals surface area contributed by atoms with Crippen LogP contribution in [0.2, 0.25) is 0 Å². The number of thioether (sulfide) groups is 1. The van der Waals surface area contributed by atoms with Gasteiger partial charge in [-0.25, -0.2) is 0 Å². The van der Waals surface area contributed by atoms with Crippen molar-refractivity contribution in [3.8, 4) is 0 Å². The second kappa shape index (κ2) is 8.43. The van der Waals surface area contributed by atoms with Crippen LogP contribution in [-0.2, 0) is 13.0 Å². The molecule has 3 N–H and O–H groups in total. The van der Waals surface area contributed by atoms with Crippen molar-refractivity contribution in [2.24, 2.45) is 0 Å². The summed E-state index contributed by atoms with van der Waals surface area (Å²) < 4.78 is 3.56. The van der Waals surface area contributed by atoms with Gasteiger partial charge in [0.2, 0.25) is 0 Å². The molecule has 2 aromatic carbocycles. The molecule has 0 aliphatic carbocycles. The average Bonchev–Trinajstić information content (AvgIpc) is 2.82. The number of fused-ring (bicyclic) bond motifs is 1. The summed E-state index contributed by atoms with van der Waals surface area (Å²) in [4.78, 5) is 1.32. The number of benzene rings is 2. The largest absolute Gasteiger partial charge is 1.00 e. The van der Waals surface area contributed by atoms with Gasteiger partial charge in [0.25, 0.3) is 0 Å². The van der Waals surface area contributed by atoms with E-state index in [9.17, 15) is 0 Å². The zero-order chi connectivity index (χ0) is 16.4. The molecule has 0 atom stereocenters. The van der Waals surface area contributed by atoms with Crippen LogP contribution in [0.3, 0.4) is 0 Å². The molecule has 5 heteroatoms. The highest BCUT2D eigenvalue weighted by molar-refractivity contribution is 9.10. The number of aromatic nitrogens is 1. The van der Waals surface area contributed by atoms with Gasteiger partial charge in [-0.15, -0.1) is 11.8 Å². The van der Waals surface area contributed by atoms with Gasteiger partial charge in [0.1, 0.15) is 0 Å². The lowest BCUT2D eigenvalue weighted by Gasteiger charge is -2.09. The van der Waals surface area contributed by atoms with Crippen LogP contribution in [0, 0.1) is 6.92 Å². The fraction of sp³-hybridized carbons (Fsp3) is 0.263. The Labute approximate surface area is 162 Å². The topological polar surface area (TPSA) is 32.6 Å². The number of quaternary nitrogens is 1. The summed E-state index contributed by atoms with van der Waals surface area (Å²) in [5.74, 6) is 0. The van der Waals surface area contributed by atoms with Crippen LogP contribution in [0.1, 0.15) is 16.8 Å². The van der Waals surface area contributed by atoms with E-state index in [-0.39, 0.29) is 12.4 Å². The van der Waals surface area contributed by atoms with Crippen LogP contribution in [-0.4, -0.2) is 17.4 Å². The lowest BCUT2D eigenvalue weighted by molar-refractivity contribution is -0.366. The van der Waals surface area contributed by atoms with Crippen LogP contribution < -0.4 is 18.1 Å². The molecular weight excluding hydrogens is 404 g/mol. The van der Waals surface area contributed by atoms with E-state index in [4.69, 9.17) is 0 Å². The van der Waals surface area contributed by atoms with Crippen LogP contribution in [0.4, 0.5) is 0 Å². The van der Waals surface area contributed by atoms with Crippen LogP contribution in [0.5, 0.6) is 0 Å². The summed E-state index contributed by atoms with van der Waals surface area (Å²) in [5, 5.41) is 1.38. The molecule has 0 aliphatic heterocycles. The molecule has 0 spiro atoms. The molecule has 2 nitrogen and oxygen atoms in total. The Kier molecular flexibility index (Phi) is 6.81. The molecule has 0 bridgehead atoms. The van der Waals surface area contributed by atoms with Gasteiger partial charge in [-0.3, -0.25) is 0 Å². The first-order chi connectivity index (χ1) is 11.1. The van der Waals surface area contributed by atoms with Gasteiger partial charge in [0, 0.05) is 38.9 Å². The Morgan fingerprint density at radius 2 is 1.83 bits per heavy atom. The Morgan fingerprint density at radius 3 is 2.46 bits per heavy atom. The summed E-state index contributed by atoms with van der Waals surface area (Å²) in [6.07, 6.45) is 3.17. The van der Waals surface area contributed by atoms with Gasteiger partial charge in [-0.2, -0.15) is 0 Å². The number of nitrogens with zero attached hydrogens (tertiary/aromatic N) is 1. The van der Waals surface area contributed by atoms with E-state index in [0.717, 1.165) is 24.0 Å². The molecule has 0 unspecified atom stereocenters. The van der Waals surface area contributed by atoms with Crippen molar-refractivity contribution >= 4 is 38.6 Å². The van der Waals surface area contributed by atoms with Gasteiger partial charge in [0.05, 0.1) is 6.54 Å². The maximum Gasteiger partial charge on any atom is 0.0781 e. The third kappa shape index (κ3) is 3.83. The predicted octanol–water partition coefficient (Wildman–Crippen LogP) is 1.27. The predicted molar refractivity (Wildman–Crippen MR) is 103 cm³/mol. The van der Waals surface area contributed by atoms with E-state index < -0.39 is 0 Å². The highest BCUT2D eigenvalue weighted by atomic mass is 79.9. The number of rotatable bonds is 5. The van der Waals surface area contributed by atoms with Gasteiger partial charge < -0.3 is 22.7 Å². The maximum atomic E-state index is 4.05. The minimum absolute atomic E-state index is 0. The maximum absolute atomic E-state index is 4.05. The first-order valence-electron chi connectivity index (χ1n) is 7.83. The van der Waals surface area contributed by atoms with Crippen molar-refractivity contribution in [2.75, 3.05) is 12.8 Å². The van der Waals surface area contributed by atoms with Gasteiger partial charge in [-0.1, -0.05) is 28.1 Å². The third-order valence-electron chi connectivity index (χ3n) is 4.34. The van der Waals surface area contributed by atoms with Crippen molar-refractivity contribution in [1.82, 2.24) is 4.57 Å². The zero-order valence-electron chi connectivity index (χ0n) is 14.0. The Hall–Kier alpha value is -0.940. The Balaban J connectivity index is 0.00000208. The number of hydrogen-bond donors (Lipinski definition) is 1. The molecule has 0 amide bonds. The second-order valence-corrected chi connectivity index (χ2v) is 7.56. The monoisotopic (exact) mass is 424 g/mol. The quantitative estimate of drug-likeness (QED) is 0.614. The van der Waals surface area contributed by atoms with Crippen molar-refractivity contribution < 1.29 is 18.1 Å². The molecule has 1 heterocycles. The second-order valence-electron chi connectivity index (χ2n) is 5.76. The molecule has 0 saturated heterocycles. The molecule has 24 heavy (non-hydrogen) atoms. The summed E-state index contributed by atoms with van der Waals surface area (Å²) in [6.45, 7) is 4.08. The first kappa shape index (κ1) is 19.4. The van der Waals surface area contributed by atoms with Crippen LogP contribution in [0.15, 0.2) is 51.8 Å². The fourth-order valence-corrected chi connectivity index (χ4v) is 3.83. The molecular formula is C19H22BrClN2S. The van der Waals surface area contributed by atoms with E-state index in [1.807, 2.05) is 0 Å². The average molecular weight is 426 g/mol.